The Morgan fingerprint density at radius 1 is 1.24 bits per heavy atom. The van der Waals surface area contributed by atoms with Gasteiger partial charge in [0.15, 0.2) is 0 Å². The molecular weight excluding hydrogens is 420 g/mol. The number of aliphatic hydroxyl groups excluding tert-OH is 1. The Balaban J connectivity index is 2.07. The summed E-state index contributed by atoms with van der Waals surface area (Å²) in [4.78, 5) is 35.7. The first-order valence-electron chi connectivity index (χ1n) is 11.2. The molecule has 8 heteroatoms. The summed E-state index contributed by atoms with van der Waals surface area (Å²) in [5.41, 5.74) is 2.41. The highest BCUT2D eigenvalue weighted by Gasteiger charge is 2.34. The molecule has 1 aliphatic heterocycles. The molecule has 0 radical (unpaired) electrons. The van der Waals surface area contributed by atoms with Gasteiger partial charge in [0.2, 0.25) is 5.88 Å². The van der Waals surface area contributed by atoms with Crippen LogP contribution in [0.2, 0.25) is 0 Å². The Kier molecular flexibility index (Phi) is 7.71. The standard InChI is InChI=1S/C25H34N4O4/c1-16-13-29(17(2)15-30)25(32)21-11-20(12-26-23(21)33-22(16)14-27(3)4)18-8-7-9-19(10-18)24(31)28(5)6/h7-12,16-17,22,30H,13-15H2,1-6H3/t16-,17-,22+/m1/s1. The SMILES string of the molecule is C[C@@H]1CN([C@H](C)CO)C(=O)c2cc(-c3cccc(C(=O)N(C)C)c3)cnc2O[C@H]1CN(C)C. The zero-order chi connectivity index (χ0) is 24.3. The lowest BCUT2D eigenvalue weighted by Gasteiger charge is -2.37. The molecule has 8 nitrogen and oxygen atoms in total. The average Bonchev–Trinajstić information content (AvgIpc) is 2.79. The van der Waals surface area contributed by atoms with Crippen molar-refractivity contribution in [2.45, 2.75) is 26.0 Å². The van der Waals surface area contributed by atoms with Gasteiger partial charge in [0.25, 0.3) is 11.8 Å². The van der Waals surface area contributed by atoms with Crippen LogP contribution < -0.4 is 4.74 Å². The van der Waals surface area contributed by atoms with Crippen LogP contribution in [0, 0.1) is 5.92 Å². The van der Waals surface area contributed by atoms with Gasteiger partial charge in [-0.05, 0) is 44.8 Å². The molecule has 1 N–H and O–H groups in total. The van der Waals surface area contributed by atoms with Crippen LogP contribution in [0.15, 0.2) is 36.5 Å². The minimum Gasteiger partial charge on any atom is -0.472 e. The van der Waals surface area contributed by atoms with Gasteiger partial charge in [0.1, 0.15) is 11.7 Å². The molecule has 0 unspecified atom stereocenters. The van der Waals surface area contributed by atoms with E-state index in [2.05, 4.69) is 4.98 Å². The number of likely N-dealkylation sites (N-methyl/N-ethyl adjacent to an activating group) is 1. The fraction of sp³-hybridized carbons (Fsp3) is 0.480. The van der Waals surface area contributed by atoms with Gasteiger partial charge in [-0.15, -0.1) is 0 Å². The Bertz CT molecular complexity index is 1010. The molecule has 0 saturated heterocycles. The van der Waals surface area contributed by atoms with Gasteiger partial charge in [-0.2, -0.15) is 0 Å². The van der Waals surface area contributed by atoms with Crippen LogP contribution in [0.1, 0.15) is 34.6 Å². The maximum Gasteiger partial charge on any atom is 0.259 e. The zero-order valence-electron chi connectivity index (χ0n) is 20.3. The quantitative estimate of drug-likeness (QED) is 0.721. The summed E-state index contributed by atoms with van der Waals surface area (Å²) in [5, 5.41) is 9.79. The van der Waals surface area contributed by atoms with Crippen molar-refractivity contribution in [2.24, 2.45) is 5.92 Å². The lowest BCUT2D eigenvalue weighted by molar-refractivity contribution is 0.0348. The maximum absolute atomic E-state index is 13.5. The molecule has 2 amide bonds. The molecule has 2 aromatic rings. The molecule has 0 spiro atoms. The summed E-state index contributed by atoms with van der Waals surface area (Å²) in [5.74, 6) is 0.0158. The summed E-state index contributed by atoms with van der Waals surface area (Å²) in [6, 6.07) is 8.69. The number of rotatable bonds is 6. The normalized spacial score (nSPS) is 19.4. The molecule has 178 valence electrons. The number of ether oxygens (including phenoxy) is 1. The molecule has 3 atom stereocenters. The molecule has 0 aliphatic carbocycles. The van der Waals surface area contributed by atoms with Gasteiger partial charge >= 0.3 is 0 Å². The summed E-state index contributed by atoms with van der Waals surface area (Å²) in [6.07, 6.45) is 1.50. The molecule has 1 aromatic heterocycles. The number of fused-ring (bicyclic) bond motifs is 1. The second kappa shape index (κ2) is 10.3. The lowest BCUT2D eigenvalue weighted by atomic mass is 9.98. The number of hydrogen-bond donors (Lipinski definition) is 1. The minimum absolute atomic E-state index is 0.0497. The Morgan fingerprint density at radius 2 is 1.97 bits per heavy atom. The number of hydrogen-bond acceptors (Lipinski definition) is 6. The van der Waals surface area contributed by atoms with Gasteiger partial charge in [-0.1, -0.05) is 19.1 Å². The molecule has 1 aromatic carbocycles. The minimum atomic E-state index is -0.337. The van der Waals surface area contributed by atoms with E-state index in [1.54, 1.807) is 43.4 Å². The van der Waals surface area contributed by atoms with Crippen molar-refractivity contribution in [1.29, 1.82) is 0 Å². The van der Waals surface area contributed by atoms with Crippen LogP contribution in [0.5, 0.6) is 5.88 Å². The molecular formula is C25H34N4O4. The monoisotopic (exact) mass is 454 g/mol. The smallest absolute Gasteiger partial charge is 0.259 e. The van der Waals surface area contributed by atoms with Gasteiger partial charge in [0.05, 0.1) is 12.6 Å². The highest BCUT2D eigenvalue weighted by atomic mass is 16.5. The van der Waals surface area contributed by atoms with Crippen LogP contribution >= 0.6 is 0 Å². The third-order valence-corrected chi connectivity index (χ3v) is 5.92. The third-order valence-electron chi connectivity index (χ3n) is 5.92. The molecule has 3 rings (SSSR count). The summed E-state index contributed by atoms with van der Waals surface area (Å²) in [6.45, 7) is 4.89. The van der Waals surface area contributed by atoms with Crippen LogP contribution in [0.25, 0.3) is 11.1 Å². The lowest BCUT2D eigenvalue weighted by Crippen LogP contribution is -2.49. The molecule has 33 heavy (non-hydrogen) atoms. The Labute approximate surface area is 195 Å². The summed E-state index contributed by atoms with van der Waals surface area (Å²) in [7, 11) is 7.38. The van der Waals surface area contributed by atoms with Crippen molar-refractivity contribution in [1.82, 2.24) is 19.7 Å². The average molecular weight is 455 g/mol. The van der Waals surface area contributed by atoms with Crippen molar-refractivity contribution in [3.63, 3.8) is 0 Å². The van der Waals surface area contributed by atoms with E-state index in [9.17, 15) is 14.7 Å². The number of amides is 2. The number of carbonyl (C=O) groups excluding carboxylic acids is 2. The Hall–Kier alpha value is -2.97. The van der Waals surface area contributed by atoms with Crippen molar-refractivity contribution in [2.75, 3.05) is 47.9 Å². The third kappa shape index (κ3) is 5.51. The number of pyridine rings is 1. The Morgan fingerprint density at radius 3 is 2.61 bits per heavy atom. The molecule has 0 saturated carbocycles. The second-order valence-corrected chi connectivity index (χ2v) is 9.24. The van der Waals surface area contributed by atoms with E-state index in [1.165, 1.54) is 4.90 Å². The van der Waals surface area contributed by atoms with E-state index < -0.39 is 0 Å². The van der Waals surface area contributed by atoms with E-state index >= 15 is 0 Å². The topological polar surface area (TPSA) is 86.2 Å². The largest absolute Gasteiger partial charge is 0.472 e. The first kappa shape index (κ1) is 24.7. The molecule has 1 aliphatic rings. The molecule has 2 heterocycles. The maximum atomic E-state index is 13.5. The number of aromatic nitrogens is 1. The predicted molar refractivity (Wildman–Crippen MR) is 127 cm³/mol. The number of aliphatic hydroxyl groups is 1. The summed E-state index contributed by atoms with van der Waals surface area (Å²) >= 11 is 0. The summed E-state index contributed by atoms with van der Waals surface area (Å²) < 4.78 is 6.25. The van der Waals surface area contributed by atoms with Gasteiger partial charge in [-0.3, -0.25) is 9.59 Å². The van der Waals surface area contributed by atoms with Gasteiger partial charge < -0.3 is 24.5 Å². The van der Waals surface area contributed by atoms with E-state index in [0.29, 0.717) is 29.8 Å². The van der Waals surface area contributed by atoms with E-state index in [4.69, 9.17) is 4.74 Å². The first-order chi connectivity index (χ1) is 15.6. The first-order valence-corrected chi connectivity index (χ1v) is 11.2. The fourth-order valence-corrected chi connectivity index (χ4v) is 3.93. The van der Waals surface area contributed by atoms with Crippen molar-refractivity contribution >= 4 is 11.8 Å². The van der Waals surface area contributed by atoms with Gasteiger partial charge in [-0.25, -0.2) is 4.98 Å². The number of nitrogens with zero attached hydrogens (tertiary/aromatic N) is 4. The zero-order valence-corrected chi connectivity index (χ0v) is 20.3. The van der Waals surface area contributed by atoms with Gasteiger partial charge in [0, 0.05) is 50.4 Å². The van der Waals surface area contributed by atoms with E-state index in [-0.39, 0.29) is 42.4 Å². The van der Waals surface area contributed by atoms with Crippen molar-refractivity contribution < 1.29 is 19.4 Å². The van der Waals surface area contributed by atoms with E-state index in [0.717, 1.165) is 5.56 Å². The van der Waals surface area contributed by atoms with Crippen LogP contribution in [-0.2, 0) is 0 Å². The highest BCUT2D eigenvalue weighted by Crippen LogP contribution is 2.30. The fourth-order valence-electron chi connectivity index (χ4n) is 3.93. The predicted octanol–water partition coefficient (Wildman–Crippen LogP) is 2.23. The van der Waals surface area contributed by atoms with Crippen molar-refractivity contribution in [3.05, 3.63) is 47.7 Å². The van der Waals surface area contributed by atoms with Crippen molar-refractivity contribution in [3.8, 4) is 17.0 Å². The molecule has 0 bridgehead atoms. The highest BCUT2D eigenvalue weighted by molar-refractivity contribution is 5.98. The van der Waals surface area contributed by atoms with Crippen LogP contribution in [-0.4, -0.2) is 96.6 Å². The van der Waals surface area contributed by atoms with Crippen LogP contribution in [0.3, 0.4) is 0 Å². The number of benzene rings is 1. The van der Waals surface area contributed by atoms with E-state index in [1.807, 2.05) is 45.0 Å². The number of carbonyl (C=O) groups is 2. The molecule has 0 fully saturated rings. The second-order valence-electron chi connectivity index (χ2n) is 9.24. The van der Waals surface area contributed by atoms with Crippen LogP contribution in [0.4, 0.5) is 0 Å².